The summed E-state index contributed by atoms with van der Waals surface area (Å²) in [6.07, 6.45) is 2.35. The Morgan fingerprint density at radius 1 is 0.389 bits per heavy atom. The Labute approximate surface area is 428 Å². The van der Waals surface area contributed by atoms with E-state index in [-0.39, 0.29) is 28.5 Å². The molecule has 4 heteroatoms. The monoisotopic (exact) mass is 946 g/mol. The lowest BCUT2D eigenvalue weighted by Crippen LogP contribution is -2.77. The van der Waals surface area contributed by atoms with E-state index in [2.05, 4.69) is 255 Å². The molecule has 1 spiro atoms. The van der Waals surface area contributed by atoms with Crippen molar-refractivity contribution in [1.82, 2.24) is 0 Å². The standard InChI is InChI=1S/C68H63BN2Si/c1-42-22-21-33-63-64(42)71(56-29-17-20-32-62(56)72(63)60-30-18-13-25-46(60)47-26-14-19-31-61(47)72)69-54-37-44-23-11-12-24-45(44)38-58(54)70(57-40-51-50(36-43(57)2)65(3,4)34-35-66(51,5)6)59-41-53-52(39-55(59)69)67(7,8)48-27-15-16-28-49(48)68(53,9)10/h11-33,36-41H,34-35H2,1-10H3. The Morgan fingerprint density at radius 3 is 1.53 bits per heavy atom. The van der Waals surface area contributed by atoms with E-state index in [0.717, 1.165) is 0 Å². The third-order valence-electron chi connectivity index (χ3n) is 18.8. The highest BCUT2D eigenvalue weighted by atomic mass is 28.3. The molecule has 0 saturated carbocycles. The first kappa shape index (κ1) is 43.9. The first-order valence-corrected chi connectivity index (χ1v) is 28.5. The molecule has 0 unspecified atom stereocenters. The largest absolute Gasteiger partial charge is 0.377 e. The zero-order valence-corrected chi connectivity index (χ0v) is 44.6. The molecular weight excluding hydrogens is 884 g/mol. The summed E-state index contributed by atoms with van der Waals surface area (Å²) in [6.45, 7) is 24.3. The van der Waals surface area contributed by atoms with Gasteiger partial charge in [-0.1, -0.05) is 207 Å². The molecule has 0 aromatic heterocycles. The van der Waals surface area contributed by atoms with Gasteiger partial charge in [-0.3, -0.25) is 0 Å². The normalized spacial score (nSPS) is 18.2. The molecule has 0 amide bonds. The molecule has 72 heavy (non-hydrogen) atoms. The van der Waals surface area contributed by atoms with Crippen molar-refractivity contribution in [2.75, 3.05) is 9.71 Å². The molecular formula is C68H63BN2Si. The first-order chi connectivity index (χ1) is 34.5. The summed E-state index contributed by atoms with van der Waals surface area (Å²) in [5.74, 6) is 0. The summed E-state index contributed by atoms with van der Waals surface area (Å²) in [4.78, 5) is 5.55. The second-order valence-electron chi connectivity index (χ2n) is 24.4. The van der Waals surface area contributed by atoms with Gasteiger partial charge in [0, 0.05) is 39.3 Å². The zero-order chi connectivity index (χ0) is 49.4. The fourth-order valence-corrected chi connectivity index (χ4v) is 20.6. The number of rotatable bonds is 2. The molecule has 0 saturated heterocycles. The molecule has 5 aliphatic rings. The smallest absolute Gasteiger partial charge is 0.332 e. The van der Waals surface area contributed by atoms with E-state index < -0.39 is 8.07 Å². The number of aryl methyl sites for hydroxylation is 2. The minimum absolute atomic E-state index is 0.0440. The van der Waals surface area contributed by atoms with Crippen LogP contribution in [0.4, 0.5) is 28.4 Å². The fourth-order valence-electron chi connectivity index (χ4n) is 15.0. The van der Waals surface area contributed by atoms with Gasteiger partial charge >= 0.3 is 6.85 Å². The highest BCUT2D eigenvalue weighted by Crippen LogP contribution is 2.54. The fraction of sp³-hybridized carbons (Fsp3) is 0.235. The summed E-state index contributed by atoms with van der Waals surface area (Å²) >= 11 is 0. The van der Waals surface area contributed by atoms with Crippen molar-refractivity contribution in [3.63, 3.8) is 0 Å². The van der Waals surface area contributed by atoms with Gasteiger partial charge in [-0.25, -0.2) is 0 Å². The van der Waals surface area contributed by atoms with E-state index in [1.807, 2.05) is 0 Å². The second-order valence-corrected chi connectivity index (χ2v) is 28.1. The van der Waals surface area contributed by atoms with Crippen LogP contribution >= 0.6 is 0 Å². The molecule has 0 fully saturated rings. The van der Waals surface area contributed by atoms with Crippen LogP contribution in [0.5, 0.6) is 0 Å². The number of anilines is 5. The molecule has 0 bridgehead atoms. The Morgan fingerprint density at radius 2 is 0.875 bits per heavy atom. The molecule has 0 N–H and O–H groups in total. The highest BCUT2D eigenvalue weighted by Gasteiger charge is 2.56. The number of hydrogen-bond donors (Lipinski definition) is 0. The minimum atomic E-state index is -2.84. The predicted octanol–water partition coefficient (Wildman–Crippen LogP) is 13.2. The van der Waals surface area contributed by atoms with Crippen molar-refractivity contribution in [2.45, 2.75) is 104 Å². The van der Waals surface area contributed by atoms with Gasteiger partial charge in [0.15, 0.2) is 8.07 Å². The van der Waals surface area contributed by atoms with Crippen molar-refractivity contribution < 1.29 is 0 Å². The summed E-state index contributed by atoms with van der Waals surface area (Å²) in [7, 11) is -2.84. The Bertz CT molecular complexity index is 3790. The maximum atomic E-state index is 2.83. The van der Waals surface area contributed by atoms with Gasteiger partial charge in [0.05, 0.1) is 0 Å². The predicted molar refractivity (Wildman–Crippen MR) is 310 cm³/mol. The third kappa shape index (κ3) is 5.57. The summed E-state index contributed by atoms with van der Waals surface area (Å²) in [6, 6.07) is 69.6. The van der Waals surface area contributed by atoms with Gasteiger partial charge in [-0.05, 0) is 160 Å². The van der Waals surface area contributed by atoms with Crippen molar-refractivity contribution >= 4 is 85.8 Å². The lowest BCUT2D eigenvalue weighted by atomic mass is 9.44. The molecule has 14 rings (SSSR count). The third-order valence-corrected chi connectivity index (χ3v) is 23.8. The quantitative estimate of drug-likeness (QED) is 0.159. The van der Waals surface area contributed by atoms with Crippen LogP contribution in [0.15, 0.2) is 176 Å². The maximum Gasteiger partial charge on any atom is 0.332 e. The molecule has 0 radical (unpaired) electrons. The molecule has 2 aliphatic carbocycles. The lowest BCUT2D eigenvalue weighted by Gasteiger charge is -2.50. The highest BCUT2D eigenvalue weighted by molar-refractivity contribution is 7.24. The van der Waals surface area contributed by atoms with Crippen LogP contribution in [-0.4, -0.2) is 14.9 Å². The summed E-state index contributed by atoms with van der Waals surface area (Å²) in [5.41, 5.74) is 22.9. The molecule has 0 atom stereocenters. The van der Waals surface area contributed by atoms with Crippen LogP contribution in [-0.2, 0) is 21.7 Å². The Hall–Kier alpha value is -6.88. The molecule has 3 heterocycles. The van der Waals surface area contributed by atoms with Gasteiger partial charge in [0.2, 0.25) is 0 Å². The van der Waals surface area contributed by atoms with E-state index in [4.69, 9.17) is 0 Å². The number of nitrogens with zero attached hydrogens (tertiary/aromatic N) is 2. The minimum Gasteiger partial charge on any atom is -0.377 e. The lowest BCUT2D eigenvalue weighted by molar-refractivity contribution is 0.332. The van der Waals surface area contributed by atoms with Gasteiger partial charge in [0.25, 0.3) is 0 Å². The van der Waals surface area contributed by atoms with Crippen LogP contribution in [0.25, 0.3) is 21.9 Å². The van der Waals surface area contributed by atoms with Crippen molar-refractivity contribution in [1.29, 1.82) is 0 Å². The summed E-state index contributed by atoms with van der Waals surface area (Å²) in [5, 5.41) is 8.47. The van der Waals surface area contributed by atoms with Crippen LogP contribution in [0, 0.1) is 13.8 Å². The van der Waals surface area contributed by atoms with Crippen molar-refractivity contribution in [2.24, 2.45) is 0 Å². The van der Waals surface area contributed by atoms with E-state index in [1.54, 1.807) is 0 Å². The van der Waals surface area contributed by atoms with E-state index in [9.17, 15) is 0 Å². The number of fused-ring (bicyclic) bond motifs is 15. The molecule has 9 aromatic rings. The number of benzene rings is 9. The van der Waals surface area contributed by atoms with Gasteiger partial charge in [-0.15, -0.1) is 0 Å². The van der Waals surface area contributed by atoms with E-state index in [0.29, 0.717) is 0 Å². The Balaban J connectivity index is 1.13. The first-order valence-electron chi connectivity index (χ1n) is 26.5. The van der Waals surface area contributed by atoms with Crippen LogP contribution in [0.2, 0.25) is 0 Å². The zero-order valence-electron chi connectivity index (χ0n) is 43.6. The van der Waals surface area contributed by atoms with Gasteiger partial charge in [0.1, 0.15) is 0 Å². The Kier molecular flexibility index (Phi) is 8.92. The topological polar surface area (TPSA) is 6.48 Å². The van der Waals surface area contributed by atoms with Crippen molar-refractivity contribution in [3.8, 4) is 11.1 Å². The number of hydrogen-bond acceptors (Lipinski definition) is 2. The second kappa shape index (κ2) is 14.6. The average Bonchev–Trinajstić information content (AvgIpc) is 3.67. The van der Waals surface area contributed by atoms with E-state index in [1.165, 1.54) is 139 Å². The van der Waals surface area contributed by atoms with Crippen LogP contribution < -0.4 is 41.4 Å². The van der Waals surface area contributed by atoms with Crippen molar-refractivity contribution in [3.05, 3.63) is 220 Å². The molecule has 352 valence electrons. The SMILES string of the molecule is Cc1cc2c(cc1N1c3cc4c(cc3B(N3c5ccccc5[Si]5(c6ccccc6-c6ccccc65)c5cccc(C)c53)c3cc5ccccc5cc31)C(C)(C)c1ccccc1C4(C)C)C(C)(C)CCC2(C)C. The van der Waals surface area contributed by atoms with E-state index >= 15 is 0 Å². The van der Waals surface area contributed by atoms with Crippen LogP contribution in [0.3, 0.4) is 0 Å². The van der Waals surface area contributed by atoms with Gasteiger partial charge < -0.3 is 9.71 Å². The molecule has 2 nitrogen and oxygen atoms in total. The molecule has 3 aliphatic heterocycles. The average molecular weight is 947 g/mol. The molecule has 9 aromatic carbocycles. The number of para-hydroxylation sites is 2. The maximum absolute atomic E-state index is 2.84. The van der Waals surface area contributed by atoms with Crippen LogP contribution in [0.1, 0.15) is 113 Å². The van der Waals surface area contributed by atoms with Gasteiger partial charge in [-0.2, -0.15) is 0 Å². The summed E-state index contributed by atoms with van der Waals surface area (Å²) < 4.78 is 0.